The first-order valence-electron chi connectivity index (χ1n) is 9.27. The van der Waals surface area contributed by atoms with Gasteiger partial charge in [-0.2, -0.15) is 0 Å². The molecule has 0 radical (unpaired) electrons. The van der Waals surface area contributed by atoms with E-state index in [4.69, 9.17) is 5.73 Å². The third-order valence-electron chi connectivity index (χ3n) is 4.64. The number of carbonyl (C=O) groups excluding carboxylic acids is 1. The van der Waals surface area contributed by atoms with Crippen LogP contribution in [0.2, 0.25) is 0 Å². The molecule has 0 aliphatic carbocycles. The first-order chi connectivity index (χ1) is 14.9. The zero-order valence-electron chi connectivity index (χ0n) is 16.1. The van der Waals surface area contributed by atoms with Gasteiger partial charge in [-0.05, 0) is 47.5 Å². The first kappa shape index (κ1) is 21.0. The Labute approximate surface area is 187 Å². The highest BCUT2D eigenvalue weighted by atomic mass is 32.1. The Bertz CT molecular complexity index is 1270. The topological polar surface area (TPSA) is 68.0 Å². The Morgan fingerprint density at radius 1 is 0.968 bits per heavy atom. The Balaban J connectivity index is 0.000000217. The minimum absolute atomic E-state index is 0.00802. The van der Waals surface area contributed by atoms with Crippen LogP contribution in [0, 0.1) is 11.6 Å². The van der Waals surface area contributed by atoms with E-state index in [1.165, 1.54) is 6.07 Å². The second kappa shape index (κ2) is 8.87. The average molecular weight is 454 g/mol. The van der Waals surface area contributed by atoms with Gasteiger partial charge in [-0.15, -0.1) is 24.0 Å². The maximum absolute atomic E-state index is 12.3. The van der Waals surface area contributed by atoms with Gasteiger partial charge in [-0.1, -0.05) is 12.1 Å². The van der Waals surface area contributed by atoms with Crippen molar-refractivity contribution in [3.8, 4) is 20.9 Å². The number of nitrogens with one attached hydrogen (secondary N) is 1. The average Bonchev–Trinajstić information content (AvgIpc) is 3.39. The predicted molar refractivity (Wildman–Crippen MR) is 122 cm³/mol. The van der Waals surface area contributed by atoms with Gasteiger partial charge in [0.15, 0.2) is 0 Å². The van der Waals surface area contributed by atoms with Crippen molar-refractivity contribution in [2.24, 2.45) is 0 Å². The highest BCUT2D eigenvalue weighted by molar-refractivity contribution is 7.80. The Kier molecular flexibility index (Phi) is 6.01. The van der Waals surface area contributed by atoms with Crippen molar-refractivity contribution in [3.63, 3.8) is 0 Å². The number of thiophene rings is 1. The van der Waals surface area contributed by atoms with E-state index >= 15 is 0 Å². The molecule has 2 aromatic carbocycles. The molecular formula is C23H17F2N3OS2. The second-order valence-electron chi connectivity index (χ2n) is 6.82. The standard InChI is InChI=1S/C17H13N3OS.C6H4F2S/c18-13-5-12(7-19-9-13)16-4-3-15(22-16)10-1-2-11-8-20-17(21)14(11)6-10;7-4-1-2-6(9)5(8)3-4/h1-7,9H,8,18H2,(H,20,21);1-3,9H. The fraction of sp³-hybridized carbons (Fsp3) is 0.0435. The van der Waals surface area contributed by atoms with E-state index in [1.807, 2.05) is 24.4 Å². The van der Waals surface area contributed by atoms with Crippen LogP contribution in [0.5, 0.6) is 0 Å². The summed E-state index contributed by atoms with van der Waals surface area (Å²) in [4.78, 5) is 18.3. The summed E-state index contributed by atoms with van der Waals surface area (Å²) in [6.07, 6.45) is 3.44. The highest BCUT2D eigenvalue weighted by Crippen LogP contribution is 2.35. The van der Waals surface area contributed by atoms with E-state index in [0.29, 0.717) is 12.2 Å². The van der Waals surface area contributed by atoms with Gasteiger partial charge in [0.2, 0.25) is 0 Å². The summed E-state index contributed by atoms with van der Waals surface area (Å²) in [6.45, 7) is 0.624. The van der Waals surface area contributed by atoms with Crippen molar-refractivity contribution in [3.05, 3.63) is 89.8 Å². The van der Waals surface area contributed by atoms with Crippen molar-refractivity contribution < 1.29 is 13.6 Å². The van der Waals surface area contributed by atoms with Crippen LogP contribution in [0.25, 0.3) is 20.9 Å². The Morgan fingerprint density at radius 2 is 1.74 bits per heavy atom. The lowest BCUT2D eigenvalue weighted by Crippen LogP contribution is -2.12. The third kappa shape index (κ3) is 4.76. The van der Waals surface area contributed by atoms with Gasteiger partial charge in [-0.25, -0.2) is 8.78 Å². The molecule has 1 amide bonds. The quantitative estimate of drug-likeness (QED) is 0.348. The summed E-state index contributed by atoms with van der Waals surface area (Å²) < 4.78 is 24.3. The number of fused-ring (bicyclic) bond motifs is 1. The number of pyridine rings is 1. The van der Waals surface area contributed by atoms with Crippen LogP contribution >= 0.6 is 24.0 Å². The van der Waals surface area contributed by atoms with Crippen LogP contribution < -0.4 is 11.1 Å². The zero-order chi connectivity index (χ0) is 22.0. The van der Waals surface area contributed by atoms with Crippen molar-refractivity contribution in [2.75, 3.05) is 5.73 Å². The molecule has 0 fully saturated rings. The normalized spacial score (nSPS) is 12.0. The molecule has 2 aromatic heterocycles. The Morgan fingerprint density at radius 3 is 2.45 bits per heavy atom. The van der Waals surface area contributed by atoms with Gasteiger partial charge >= 0.3 is 0 Å². The van der Waals surface area contributed by atoms with E-state index in [0.717, 1.165) is 44.1 Å². The molecule has 5 rings (SSSR count). The van der Waals surface area contributed by atoms with Crippen LogP contribution in [-0.4, -0.2) is 10.9 Å². The Hall–Kier alpha value is -3.23. The van der Waals surface area contributed by atoms with E-state index in [-0.39, 0.29) is 10.8 Å². The molecule has 0 atom stereocenters. The molecule has 3 heterocycles. The summed E-state index contributed by atoms with van der Waals surface area (Å²) in [6, 6.07) is 15.3. The number of rotatable bonds is 2. The van der Waals surface area contributed by atoms with Crippen LogP contribution in [0.15, 0.2) is 71.9 Å². The number of amides is 1. The van der Waals surface area contributed by atoms with Crippen molar-refractivity contribution in [1.29, 1.82) is 0 Å². The van der Waals surface area contributed by atoms with Gasteiger partial charge in [0, 0.05) is 50.8 Å². The molecule has 1 aliphatic heterocycles. The minimum Gasteiger partial charge on any atom is -0.397 e. The van der Waals surface area contributed by atoms with Crippen molar-refractivity contribution in [1.82, 2.24) is 10.3 Å². The number of nitrogens with two attached hydrogens (primary N) is 1. The van der Waals surface area contributed by atoms with E-state index in [9.17, 15) is 13.6 Å². The van der Waals surface area contributed by atoms with Crippen LogP contribution in [0.1, 0.15) is 15.9 Å². The molecule has 4 aromatic rings. The monoisotopic (exact) mass is 453 g/mol. The number of thiol groups is 1. The molecule has 31 heavy (non-hydrogen) atoms. The number of nitrogen functional groups attached to an aromatic ring is 1. The molecule has 4 nitrogen and oxygen atoms in total. The van der Waals surface area contributed by atoms with Crippen LogP contribution in [0.4, 0.5) is 14.5 Å². The summed E-state index contributed by atoms with van der Waals surface area (Å²) in [7, 11) is 0. The minimum atomic E-state index is -0.627. The molecule has 3 N–H and O–H groups in total. The fourth-order valence-corrected chi connectivity index (χ4v) is 4.21. The lowest BCUT2D eigenvalue weighted by atomic mass is 10.1. The van der Waals surface area contributed by atoms with Crippen molar-refractivity contribution >= 4 is 35.6 Å². The van der Waals surface area contributed by atoms with Gasteiger partial charge in [0.05, 0.1) is 5.69 Å². The lowest BCUT2D eigenvalue weighted by molar-refractivity contribution is 0.0966. The molecule has 156 valence electrons. The summed E-state index contributed by atoms with van der Waals surface area (Å²) in [5.41, 5.74) is 10.3. The predicted octanol–water partition coefficient (Wildman–Crippen LogP) is 5.56. The van der Waals surface area contributed by atoms with E-state index in [1.54, 1.807) is 17.5 Å². The fourth-order valence-electron chi connectivity index (χ4n) is 3.09. The first-order valence-corrected chi connectivity index (χ1v) is 10.5. The number of anilines is 1. The SMILES string of the molecule is Fc1ccc(S)c(F)c1.Nc1cncc(-c2ccc(-c3ccc4c(c3)C(=O)NC4)s2)c1. The molecule has 0 unspecified atom stereocenters. The number of nitrogens with zero attached hydrogens (tertiary/aromatic N) is 1. The molecule has 0 spiro atoms. The van der Waals surface area contributed by atoms with Crippen LogP contribution in [-0.2, 0) is 6.54 Å². The number of halogens is 2. The molecule has 1 aliphatic rings. The van der Waals surface area contributed by atoms with Gasteiger partial charge in [0.1, 0.15) is 11.6 Å². The van der Waals surface area contributed by atoms with Crippen molar-refractivity contribution in [2.45, 2.75) is 11.4 Å². The maximum Gasteiger partial charge on any atom is 0.251 e. The number of aromatic nitrogens is 1. The van der Waals surface area contributed by atoms with Crippen LogP contribution in [0.3, 0.4) is 0 Å². The largest absolute Gasteiger partial charge is 0.397 e. The highest BCUT2D eigenvalue weighted by Gasteiger charge is 2.19. The van der Waals surface area contributed by atoms with Gasteiger partial charge in [0.25, 0.3) is 5.91 Å². The van der Waals surface area contributed by atoms with E-state index < -0.39 is 11.6 Å². The maximum atomic E-state index is 12.3. The number of hydrogen-bond acceptors (Lipinski definition) is 5. The molecule has 0 saturated carbocycles. The number of benzene rings is 2. The molecule has 8 heteroatoms. The third-order valence-corrected chi connectivity index (χ3v) is 6.18. The summed E-state index contributed by atoms with van der Waals surface area (Å²) >= 11 is 5.37. The van der Waals surface area contributed by atoms with Gasteiger partial charge in [-0.3, -0.25) is 9.78 Å². The second-order valence-corrected chi connectivity index (χ2v) is 8.39. The number of hydrogen-bond donors (Lipinski definition) is 3. The summed E-state index contributed by atoms with van der Waals surface area (Å²) in [5.74, 6) is -1.20. The zero-order valence-corrected chi connectivity index (χ0v) is 17.8. The number of carbonyl (C=O) groups is 1. The van der Waals surface area contributed by atoms with E-state index in [2.05, 4.69) is 41.1 Å². The lowest BCUT2D eigenvalue weighted by Gasteiger charge is -2.01. The molecular weight excluding hydrogens is 436 g/mol. The summed E-state index contributed by atoms with van der Waals surface area (Å²) in [5, 5.41) is 2.84. The smallest absolute Gasteiger partial charge is 0.251 e. The molecule has 0 bridgehead atoms. The molecule has 0 saturated heterocycles. The van der Waals surface area contributed by atoms with Gasteiger partial charge < -0.3 is 11.1 Å².